The molecule has 2 aromatic rings. The summed E-state index contributed by atoms with van der Waals surface area (Å²) in [5, 5.41) is 10.8. The molecule has 1 aliphatic heterocycles. The molecule has 0 spiro atoms. The van der Waals surface area contributed by atoms with Crippen LogP contribution in [0.1, 0.15) is 11.3 Å². The second-order valence-corrected chi connectivity index (χ2v) is 4.66. The molecule has 1 aliphatic rings. The molecular weight excluding hydrogens is 240 g/mol. The number of fused-ring (bicyclic) bond motifs is 3. The number of amides is 1. The molecule has 0 bridgehead atoms. The van der Waals surface area contributed by atoms with Crippen LogP contribution in [0, 0.1) is 0 Å². The molecule has 0 fully saturated rings. The first-order valence-electron chi connectivity index (χ1n) is 5.42. The van der Waals surface area contributed by atoms with Gasteiger partial charge in [-0.25, -0.2) is 4.79 Å². The monoisotopic (exact) mass is 250 g/mol. The Balaban J connectivity index is 2.10. The highest BCUT2D eigenvalue weighted by molar-refractivity contribution is 6.31. The van der Waals surface area contributed by atoms with Crippen LogP contribution in [-0.2, 0) is 13.0 Å². The number of nitrogens with one attached hydrogen (secondary N) is 1. The van der Waals surface area contributed by atoms with E-state index in [-0.39, 0.29) is 0 Å². The highest BCUT2D eigenvalue weighted by atomic mass is 35.5. The van der Waals surface area contributed by atoms with Crippen molar-refractivity contribution < 1.29 is 9.90 Å². The van der Waals surface area contributed by atoms with E-state index in [1.165, 1.54) is 10.5 Å². The molecule has 0 saturated heterocycles. The number of benzene rings is 1. The van der Waals surface area contributed by atoms with Gasteiger partial charge < -0.3 is 15.0 Å². The van der Waals surface area contributed by atoms with E-state index in [1.807, 2.05) is 18.2 Å². The predicted octanol–water partition coefficient (Wildman–Crippen LogP) is 2.86. The van der Waals surface area contributed by atoms with E-state index >= 15 is 0 Å². The Labute approximate surface area is 103 Å². The molecule has 2 heterocycles. The first kappa shape index (κ1) is 10.5. The molecule has 1 aromatic carbocycles. The summed E-state index contributed by atoms with van der Waals surface area (Å²) in [7, 11) is 0. The van der Waals surface area contributed by atoms with E-state index in [4.69, 9.17) is 16.7 Å². The number of nitrogens with zero attached hydrogens (tertiary/aromatic N) is 1. The highest BCUT2D eigenvalue weighted by Crippen LogP contribution is 2.29. The minimum absolute atomic E-state index is 0.428. The third-order valence-electron chi connectivity index (χ3n) is 3.21. The van der Waals surface area contributed by atoms with Crippen LogP contribution in [-0.4, -0.2) is 27.6 Å². The molecule has 0 saturated carbocycles. The summed E-state index contributed by atoms with van der Waals surface area (Å²) in [4.78, 5) is 15.6. The van der Waals surface area contributed by atoms with Crippen molar-refractivity contribution in [2.45, 2.75) is 13.0 Å². The molecule has 0 radical (unpaired) electrons. The minimum Gasteiger partial charge on any atom is -0.465 e. The third-order valence-corrected chi connectivity index (χ3v) is 3.44. The van der Waals surface area contributed by atoms with Crippen LogP contribution in [0.2, 0.25) is 5.02 Å². The first-order valence-corrected chi connectivity index (χ1v) is 5.80. The second-order valence-electron chi connectivity index (χ2n) is 4.23. The zero-order chi connectivity index (χ0) is 12.0. The number of H-pyrrole nitrogens is 1. The largest absolute Gasteiger partial charge is 0.465 e. The molecule has 3 rings (SSSR count). The van der Waals surface area contributed by atoms with Gasteiger partial charge in [0.1, 0.15) is 0 Å². The Bertz CT molecular complexity index is 606. The van der Waals surface area contributed by atoms with Gasteiger partial charge in [0.15, 0.2) is 0 Å². The van der Waals surface area contributed by atoms with Crippen LogP contribution in [0.3, 0.4) is 0 Å². The maximum absolute atomic E-state index is 10.9. The Morgan fingerprint density at radius 1 is 1.47 bits per heavy atom. The second kappa shape index (κ2) is 3.67. The summed E-state index contributed by atoms with van der Waals surface area (Å²) in [5.74, 6) is 0. The maximum atomic E-state index is 10.9. The zero-order valence-electron chi connectivity index (χ0n) is 9.03. The molecule has 0 atom stereocenters. The van der Waals surface area contributed by atoms with E-state index in [2.05, 4.69) is 4.98 Å². The molecule has 2 N–H and O–H groups in total. The van der Waals surface area contributed by atoms with Gasteiger partial charge in [-0.05, 0) is 30.2 Å². The maximum Gasteiger partial charge on any atom is 0.407 e. The minimum atomic E-state index is -0.868. The van der Waals surface area contributed by atoms with Crippen molar-refractivity contribution in [3.63, 3.8) is 0 Å². The van der Waals surface area contributed by atoms with Crippen molar-refractivity contribution in [1.29, 1.82) is 0 Å². The number of hydrogen-bond acceptors (Lipinski definition) is 1. The van der Waals surface area contributed by atoms with Crippen molar-refractivity contribution in [1.82, 2.24) is 9.88 Å². The Morgan fingerprint density at radius 2 is 2.29 bits per heavy atom. The van der Waals surface area contributed by atoms with Gasteiger partial charge in [-0.15, -0.1) is 0 Å². The highest BCUT2D eigenvalue weighted by Gasteiger charge is 2.23. The van der Waals surface area contributed by atoms with Crippen LogP contribution >= 0.6 is 11.6 Å². The molecule has 1 amide bonds. The lowest BCUT2D eigenvalue weighted by Crippen LogP contribution is -2.34. The Hall–Kier alpha value is -1.68. The lowest BCUT2D eigenvalue weighted by molar-refractivity contribution is 0.139. The van der Waals surface area contributed by atoms with Crippen molar-refractivity contribution in [2.75, 3.05) is 6.54 Å². The van der Waals surface area contributed by atoms with Crippen LogP contribution < -0.4 is 0 Å². The van der Waals surface area contributed by atoms with Gasteiger partial charge in [0, 0.05) is 28.2 Å². The van der Waals surface area contributed by atoms with Gasteiger partial charge >= 0.3 is 6.09 Å². The summed E-state index contributed by atoms with van der Waals surface area (Å²) >= 11 is 5.98. The summed E-state index contributed by atoms with van der Waals surface area (Å²) in [6.45, 7) is 0.971. The van der Waals surface area contributed by atoms with Crippen molar-refractivity contribution in [2.24, 2.45) is 0 Å². The number of carbonyl (C=O) groups is 1. The fourth-order valence-corrected chi connectivity index (χ4v) is 2.55. The lowest BCUT2D eigenvalue weighted by atomic mass is 10.0. The number of rotatable bonds is 0. The van der Waals surface area contributed by atoms with Gasteiger partial charge in [-0.3, -0.25) is 0 Å². The smallest absolute Gasteiger partial charge is 0.407 e. The lowest BCUT2D eigenvalue weighted by Gasteiger charge is -2.24. The molecule has 1 aromatic heterocycles. The summed E-state index contributed by atoms with van der Waals surface area (Å²) < 4.78 is 0. The van der Waals surface area contributed by atoms with Crippen molar-refractivity contribution in [3.05, 3.63) is 34.5 Å². The average Bonchev–Trinajstić information content (AvgIpc) is 2.66. The molecule has 0 unspecified atom stereocenters. The van der Waals surface area contributed by atoms with Gasteiger partial charge in [0.25, 0.3) is 0 Å². The van der Waals surface area contributed by atoms with Crippen LogP contribution in [0.4, 0.5) is 4.79 Å². The molecule has 4 nitrogen and oxygen atoms in total. The number of aromatic amines is 1. The summed E-state index contributed by atoms with van der Waals surface area (Å²) in [5.41, 5.74) is 3.20. The van der Waals surface area contributed by atoms with E-state index in [0.717, 1.165) is 23.0 Å². The van der Waals surface area contributed by atoms with E-state index in [9.17, 15) is 4.79 Å². The van der Waals surface area contributed by atoms with Crippen LogP contribution in [0.15, 0.2) is 18.2 Å². The Kier molecular flexibility index (Phi) is 2.26. The van der Waals surface area contributed by atoms with E-state index in [0.29, 0.717) is 18.1 Å². The SMILES string of the molecule is O=C(O)N1CCc2c([nH]c3ccc(Cl)cc23)C1. The van der Waals surface area contributed by atoms with Gasteiger partial charge in [0.2, 0.25) is 0 Å². The summed E-state index contributed by atoms with van der Waals surface area (Å²) in [6, 6.07) is 5.70. The molecular formula is C12H11ClN2O2. The summed E-state index contributed by atoms with van der Waals surface area (Å²) in [6.07, 6.45) is -0.130. The number of carboxylic acid groups (broad SMARTS) is 1. The van der Waals surface area contributed by atoms with Crippen LogP contribution in [0.25, 0.3) is 10.9 Å². The third kappa shape index (κ3) is 1.65. The van der Waals surface area contributed by atoms with Gasteiger partial charge in [0.05, 0.1) is 6.54 Å². The molecule has 0 aliphatic carbocycles. The van der Waals surface area contributed by atoms with Crippen LogP contribution in [0.5, 0.6) is 0 Å². The number of halogens is 1. The fraction of sp³-hybridized carbons (Fsp3) is 0.250. The van der Waals surface area contributed by atoms with Crippen molar-refractivity contribution in [3.8, 4) is 0 Å². The number of aromatic nitrogens is 1. The van der Waals surface area contributed by atoms with Gasteiger partial charge in [-0.1, -0.05) is 11.6 Å². The topological polar surface area (TPSA) is 56.3 Å². The molecule has 5 heteroatoms. The molecule has 88 valence electrons. The standard InChI is InChI=1S/C12H11ClN2O2/c13-7-1-2-10-9(5-7)8-3-4-15(12(16)17)6-11(8)14-10/h1-2,5,14H,3-4,6H2,(H,16,17). The first-order chi connectivity index (χ1) is 8.15. The van der Waals surface area contributed by atoms with Gasteiger partial charge in [-0.2, -0.15) is 0 Å². The van der Waals surface area contributed by atoms with Crippen molar-refractivity contribution >= 4 is 28.6 Å². The predicted molar refractivity (Wildman–Crippen MR) is 65.4 cm³/mol. The number of hydrogen-bond donors (Lipinski definition) is 2. The quantitative estimate of drug-likeness (QED) is 0.755. The zero-order valence-corrected chi connectivity index (χ0v) is 9.79. The Morgan fingerprint density at radius 3 is 3.06 bits per heavy atom. The normalized spacial score (nSPS) is 15.0. The average molecular weight is 251 g/mol. The fourth-order valence-electron chi connectivity index (χ4n) is 2.38. The van der Waals surface area contributed by atoms with E-state index in [1.54, 1.807) is 0 Å². The van der Waals surface area contributed by atoms with E-state index < -0.39 is 6.09 Å². The molecule has 17 heavy (non-hydrogen) atoms.